The van der Waals surface area contributed by atoms with Gasteiger partial charge < -0.3 is 14.5 Å². The van der Waals surface area contributed by atoms with Crippen molar-refractivity contribution < 1.29 is 19.1 Å². The Balaban J connectivity index is 2.08. The fourth-order valence-electron chi connectivity index (χ4n) is 2.25. The summed E-state index contributed by atoms with van der Waals surface area (Å²) in [7, 11) is 2.81. The number of carbonyl (C=O) groups is 3. The van der Waals surface area contributed by atoms with E-state index in [1.54, 1.807) is 43.4 Å². The lowest BCUT2D eigenvalue weighted by molar-refractivity contribution is -0.147. The third-order valence-electron chi connectivity index (χ3n) is 3.69. The van der Waals surface area contributed by atoms with Gasteiger partial charge in [0.25, 0.3) is 5.91 Å². The van der Waals surface area contributed by atoms with Crippen LogP contribution in [0.1, 0.15) is 15.2 Å². The molecule has 0 bridgehead atoms. The number of benzene rings is 1. The van der Waals surface area contributed by atoms with E-state index >= 15 is 0 Å². The molecule has 9 heteroatoms. The molecule has 0 aliphatic carbocycles. The van der Waals surface area contributed by atoms with Crippen LogP contribution in [0.2, 0.25) is 5.02 Å². The van der Waals surface area contributed by atoms with Crippen molar-refractivity contribution in [2.24, 2.45) is 0 Å². The number of methoxy groups -OCH3 is 1. The maximum Gasteiger partial charge on any atom is 0.325 e. The van der Waals surface area contributed by atoms with Gasteiger partial charge in [0.05, 0.1) is 22.3 Å². The Morgan fingerprint density at radius 3 is 2.33 bits per heavy atom. The van der Waals surface area contributed by atoms with E-state index < -0.39 is 5.97 Å². The molecule has 27 heavy (non-hydrogen) atoms. The van der Waals surface area contributed by atoms with Crippen LogP contribution in [0.3, 0.4) is 0 Å². The number of rotatable bonds is 7. The topological polar surface area (TPSA) is 66.9 Å². The van der Waals surface area contributed by atoms with Gasteiger partial charge in [0.2, 0.25) is 5.91 Å². The molecular weight excluding hydrogens is 456 g/mol. The first-order chi connectivity index (χ1) is 12.8. The SMILES string of the molecule is COC(=O)CN(Cc1ccc(Cl)cc1)C(=O)CN(C)C(=O)c1ccc(Br)s1. The zero-order chi connectivity index (χ0) is 20.0. The van der Waals surface area contributed by atoms with E-state index in [-0.39, 0.29) is 31.4 Å². The average Bonchev–Trinajstić information content (AvgIpc) is 3.08. The van der Waals surface area contributed by atoms with Crippen LogP contribution in [0.15, 0.2) is 40.2 Å². The van der Waals surface area contributed by atoms with Gasteiger partial charge in [-0.3, -0.25) is 14.4 Å². The summed E-state index contributed by atoms with van der Waals surface area (Å²) in [5.74, 6) is -1.15. The van der Waals surface area contributed by atoms with Gasteiger partial charge in [-0.25, -0.2) is 0 Å². The average molecular weight is 474 g/mol. The Morgan fingerprint density at radius 2 is 1.78 bits per heavy atom. The molecule has 1 heterocycles. The third kappa shape index (κ3) is 6.34. The Hall–Kier alpha value is -1.90. The number of carbonyl (C=O) groups excluding carboxylic acids is 3. The van der Waals surface area contributed by atoms with Crippen molar-refractivity contribution in [1.82, 2.24) is 9.80 Å². The maximum atomic E-state index is 12.7. The summed E-state index contributed by atoms with van der Waals surface area (Å²) in [5.41, 5.74) is 0.813. The fraction of sp³-hybridized carbons (Fsp3) is 0.278. The van der Waals surface area contributed by atoms with Crippen LogP contribution < -0.4 is 0 Å². The highest BCUT2D eigenvalue weighted by atomic mass is 79.9. The van der Waals surface area contributed by atoms with E-state index in [0.717, 1.165) is 9.35 Å². The lowest BCUT2D eigenvalue weighted by atomic mass is 10.2. The molecule has 0 fully saturated rings. The van der Waals surface area contributed by atoms with Crippen LogP contribution >= 0.6 is 38.9 Å². The molecule has 2 aromatic rings. The van der Waals surface area contributed by atoms with Crippen molar-refractivity contribution in [1.29, 1.82) is 0 Å². The van der Waals surface area contributed by atoms with Crippen LogP contribution in [0.4, 0.5) is 0 Å². The summed E-state index contributed by atoms with van der Waals surface area (Å²) in [5, 5.41) is 0.581. The van der Waals surface area contributed by atoms with Gasteiger partial charge in [-0.15, -0.1) is 11.3 Å². The molecule has 1 aromatic carbocycles. The van der Waals surface area contributed by atoms with E-state index in [1.165, 1.54) is 28.2 Å². The minimum Gasteiger partial charge on any atom is -0.468 e. The van der Waals surface area contributed by atoms with Crippen molar-refractivity contribution in [3.05, 3.63) is 55.6 Å². The molecule has 2 rings (SSSR count). The molecule has 0 radical (unpaired) electrons. The van der Waals surface area contributed by atoms with Crippen LogP contribution in [0.25, 0.3) is 0 Å². The molecule has 0 spiro atoms. The number of hydrogen-bond donors (Lipinski definition) is 0. The van der Waals surface area contributed by atoms with E-state index in [2.05, 4.69) is 20.7 Å². The first-order valence-electron chi connectivity index (χ1n) is 7.90. The van der Waals surface area contributed by atoms with E-state index in [9.17, 15) is 14.4 Å². The van der Waals surface area contributed by atoms with Gasteiger partial charge in [0.15, 0.2) is 0 Å². The van der Waals surface area contributed by atoms with Gasteiger partial charge in [-0.2, -0.15) is 0 Å². The zero-order valence-corrected chi connectivity index (χ0v) is 17.9. The highest BCUT2D eigenvalue weighted by Crippen LogP contribution is 2.23. The predicted octanol–water partition coefficient (Wildman–Crippen LogP) is 3.44. The molecule has 1 aromatic heterocycles. The predicted molar refractivity (Wildman–Crippen MR) is 108 cm³/mol. The Morgan fingerprint density at radius 1 is 1.11 bits per heavy atom. The molecule has 0 N–H and O–H groups in total. The Kier molecular flexibility index (Phi) is 7.82. The summed E-state index contributed by atoms with van der Waals surface area (Å²) in [6.45, 7) is -0.152. The minimum atomic E-state index is -0.534. The van der Waals surface area contributed by atoms with Crippen molar-refractivity contribution >= 4 is 56.7 Å². The number of nitrogens with zero attached hydrogens (tertiary/aromatic N) is 2. The molecule has 0 aliphatic rings. The summed E-state index contributed by atoms with van der Waals surface area (Å²) in [6, 6.07) is 10.4. The van der Waals surface area contributed by atoms with Crippen LogP contribution in [-0.2, 0) is 20.9 Å². The minimum absolute atomic E-state index is 0.154. The molecule has 0 atom stereocenters. The van der Waals surface area contributed by atoms with Crippen LogP contribution in [0.5, 0.6) is 0 Å². The molecular formula is C18H18BrClN2O4S. The number of ether oxygens (including phenoxy) is 1. The van der Waals surface area contributed by atoms with Crippen molar-refractivity contribution in [3.63, 3.8) is 0 Å². The second kappa shape index (κ2) is 9.87. The van der Waals surface area contributed by atoms with Crippen molar-refractivity contribution in [2.45, 2.75) is 6.54 Å². The standard InChI is InChI=1S/C18H18BrClN2O4S/c1-21(18(25)14-7-8-15(19)27-14)10-16(23)22(11-17(24)26-2)9-12-3-5-13(20)6-4-12/h3-8H,9-11H2,1-2H3. The number of likely N-dealkylation sites (N-methyl/N-ethyl adjacent to an activating group) is 1. The number of hydrogen-bond acceptors (Lipinski definition) is 5. The van der Waals surface area contributed by atoms with Gasteiger partial charge in [0.1, 0.15) is 6.54 Å². The number of esters is 1. The van der Waals surface area contributed by atoms with E-state index in [1.807, 2.05) is 0 Å². The Bertz CT molecular complexity index is 825. The largest absolute Gasteiger partial charge is 0.468 e. The quantitative estimate of drug-likeness (QED) is 0.578. The summed E-state index contributed by atoms with van der Waals surface area (Å²) >= 11 is 10.5. The van der Waals surface area contributed by atoms with Gasteiger partial charge in [-0.1, -0.05) is 23.7 Å². The number of amides is 2. The molecule has 0 unspecified atom stereocenters. The smallest absolute Gasteiger partial charge is 0.325 e. The van der Waals surface area contributed by atoms with Gasteiger partial charge in [0, 0.05) is 18.6 Å². The van der Waals surface area contributed by atoms with Gasteiger partial charge >= 0.3 is 5.97 Å². The monoisotopic (exact) mass is 472 g/mol. The molecule has 2 amide bonds. The van der Waals surface area contributed by atoms with Crippen LogP contribution in [0, 0.1) is 0 Å². The summed E-state index contributed by atoms with van der Waals surface area (Å²) in [6.07, 6.45) is 0. The lowest BCUT2D eigenvalue weighted by Gasteiger charge is -2.24. The molecule has 0 saturated heterocycles. The molecule has 0 saturated carbocycles. The van der Waals surface area contributed by atoms with E-state index in [0.29, 0.717) is 9.90 Å². The molecule has 0 aliphatic heterocycles. The number of thiophene rings is 1. The fourth-order valence-corrected chi connectivity index (χ4v) is 3.76. The second-order valence-electron chi connectivity index (χ2n) is 5.72. The highest BCUT2D eigenvalue weighted by Gasteiger charge is 2.22. The number of halogens is 2. The van der Waals surface area contributed by atoms with E-state index in [4.69, 9.17) is 11.6 Å². The molecule has 6 nitrogen and oxygen atoms in total. The maximum absolute atomic E-state index is 12.7. The first-order valence-corrected chi connectivity index (χ1v) is 9.88. The highest BCUT2D eigenvalue weighted by molar-refractivity contribution is 9.11. The lowest BCUT2D eigenvalue weighted by Crippen LogP contribution is -2.43. The zero-order valence-electron chi connectivity index (χ0n) is 14.8. The third-order valence-corrected chi connectivity index (χ3v) is 5.55. The molecule has 144 valence electrons. The Labute approximate surface area is 174 Å². The van der Waals surface area contributed by atoms with Gasteiger partial charge in [-0.05, 0) is 45.8 Å². The summed E-state index contributed by atoms with van der Waals surface area (Å²) in [4.78, 5) is 40.0. The van der Waals surface area contributed by atoms with Crippen molar-refractivity contribution in [2.75, 3.05) is 27.2 Å². The first kappa shape index (κ1) is 21.4. The summed E-state index contributed by atoms with van der Waals surface area (Å²) < 4.78 is 5.51. The van der Waals surface area contributed by atoms with Crippen LogP contribution in [-0.4, -0.2) is 54.8 Å². The van der Waals surface area contributed by atoms with Crippen molar-refractivity contribution in [3.8, 4) is 0 Å². The normalized spacial score (nSPS) is 10.4. The second-order valence-corrected chi connectivity index (χ2v) is 8.62.